The lowest BCUT2D eigenvalue weighted by Gasteiger charge is -2.12. The summed E-state index contributed by atoms with van der Waals surface area (Å²) in [5.41, 5.74) is 8.38. The van der Waals surface area contributed by atoms with Crippen LogP contribution in [0.2, 0.25) is 0 Å². The van der Waals surface area contributed by atoms with Crippen LogP contribution in [-0.2, 0) is 10.0 Å². The van der Waals surface area contributed by atoms with Gasteiger partial charge in [0.05, 0.1) is 23.8 Å². The summed E-state index contributed by atoms with van der Waals surface area (Å²) in [6.45, 7) is -0.000242. The maximum absolute atomic E-state index is 13.4. The number of nitrogens with one attached hydrogen (secondary N) is 1. The van der Waals surface area contributed by atoms with Gasteiger partial charge in [-0.05, 0) is 25.0 Å². The predicted octanol–water partition coefficient (Wildman–Crippen LogP) is 2.26. The number of fused-ring (bicyclic) bond motifs is 1. The van der Waals surface area contributed by atoms with E-state index in [0.29, 0.717) is 33.8 Å². The number of nitrogens with two attached hydrogens (primary N) is 1. The summed E-state index contributed by atoms with van der Waals surface area (Å²) in [6, 6.07) is 7.23. The molecule has 0 unspecified atom stereocenters. The largest absolute Gasteiger partial charge is 0.383 e. The van der Waals surface area contributed by atoms with E-state index in [4.69, 9.17) is 5.73 Å². The van der Waals surface area contributed by atoms with Crippen molar-refractivity contribution in [2.24, 2.45) is 0 Å². The van der Waals surface area contributed by atoms with Gasteiger partial charge in [0.15, 0.2) is 5.78 Å². The van der Waals surface area contributed by atoms with E-state index in [1.807, 2.05) is 6.20 Å². The van der Waals surface area contributed by atoms with Crippen molar-refractivity contribution in [3.8, 4) is 11.8 Å². The highest BCUT2D eigenvalue weighted by Gasteiger charge is 2.25. The van der Waals surface area contributed by atoms with E-state index in [2.05, 4.69) is 31.1 Å². The molecular formula is C22H23N5O3S. The molecule has 0 bridgehead atoms. The van der Waals surface area contributed by atoms with Crippen LogP contribution < -0.4 is 10.5 Å². The molecule has 1 saturated carbocycles. The summed E-state index contributed by atoms with van der Waals surface area (Å²) in [6.07, 6.45) is 8.76. The number of carbonyl (C=O) groups excluding carboxylic acids is 1. The highest BCUT2D eigenvalue weighted by atomic mass is 32.2. The van der Waals surface area contributed by atoms with Crippen LogP contribution in [0.15, 0.2) is 36.8 Å². The van der Waals surface area contributed by atoms with Crippen molar-refractivity contribution in [3.63, 3.8) is 0 Å². The summed E-state index contributed by atoms with van der Waals surface area (Å²) >= 11 is 0. The van der Waals surface area contributed by atoms with E-state index >= 15 is 0 Å². The molecule has 2 heterocycles. The van der Waals surface area contributed by atoms with Gasteiger partial charge >= 0.3 is 0 Å². The van der Waals surface area contributed by atoms with E-state index in [-0.39, 0.29) is 18.1 Å². The van der Waals surface area contributed by atoms with E-state index in [1.165, 1.54) is 6.33 Å². The predicted molar refractivity (Wildman–Crippen MR) is 119 cm³/mol. The normalized spacial score (nSPS) is 14.5. The van der Waals surface area contributed by atoms with Crippen molar-refractivity contribution in [1.82, 2.24) is 19.3 Å². The molecule has 2 aromatic heterocycles. The van der Waals surface area contributed by atoms with Gasteiger partial charge < -0.3 is 10.3 Å². The Hall–Kier alpha value is -3.22. The molecular weight excluding hydrogens is 414 g/mol. The Balaban J connectivity index is 1.68. The fraction of sp³-hybridized carbons (Fsp3) is 0.318. The van der Waals surface area contributed by atoms with Crippen molar-refractivity contribution in [3.05, 3.63) is 53.5 Å². The molecule has 9 heteroatoms. The number of anilines is 1. The van der Waals surface area contributed by atoms with Gasteiger partial charge in [-0.25, -0.2) is 23.1 Å². The molecule has 4 rings (SSSR count). The molecule has 3 N–H and O–H groups in total. The van der Waals surface area contributed by atoms with Crippen LogP contribution in [0.5, 0.6) is 0 Å². The van der Waals surface area contributed by atoms with Gasteiger partial charge in [0.25, 0.3) is 0 Å². The number of ketones is 1. The fourth-order valence-corrected chi connectivity index (χ4v) is 4.28. The summed E-state index contributed by atoms with van der Waals surface area (Å²) in [5, 5.41) is 0.577. The highest BCUT2D eigenvalue weighted by molar-refractivity contribution is 7.88. The van der Waals surface area contributed by atoms with Crippen molar-refractivity contribution in [2.45, 2.75) is 31.7 Å². The third kappa shape index (κ3) is 4.60. The first-order valence-electron chi connectivity index (χ1n) is 10.0. The molecule has 1 aliphatic carbocycles. The minimum absolute atomic E-state index is 0.000242. The van der Waals surface area contributed by atoms with Crippen molar-refractivity contribution in [2.75, 3.05) is 18.5 Å². The standard InChI is InChI=1S/C22H23N5O3S/c1-31(29,30)26-11-5-7-15-6-4-8-16(12-15)20(28)18-13-27(17-9-2-3-10-17)22-19(18)21(23)24-14-25-22/h4,6,8,12-14,17,26H,2-3,9-11H2,1H3,(H2,23,24,25). The fourth-order valence-electron chi connectivity index (χ4n) is 3.95. The van der Waals surface area contributed by atoms with Crippen molar-refractivity contribution >= 4 is 32.7 Å². The van der Waals surface area contributed by atoms with Crippen LogP contribution in [0.3, 0.4) is 0 Å². The lowest BCUT2D eigenvalue weighted by molar-refractivity contribution is 0.104. The van der Waals surface area contributed by atoms with Crippen molar-refractivity contribution in [1.29, 1.82) is 0 Å². The van der Waals surface area contributed by atoms with Crippen LogP contribution in [0.1, 0.15) is 53.2 Å². The molecule has 1 aliphatic rings. The van der Waals surface area contributed by atoms with Gasteiger partial charge in [0.2, 0.25) is 10.0 Å². The number of sulfonamides is 1. The molecule has 0 radical (unpaired) electrons. The van der Waals surface area contributed by atoms with Crippen molar-refractivity contribution < 1.29 is 13.2 Å². The molecule has 0 atom stereocenters. The van der Waals surface area contributed by atoms with Gasteiger partial charge in [0, 0.05) is 23.4 Å². The molecule has 160 valence electrons. The van der Waals surface area contributed by atoms with Crippen LogP contribution >= 0.6 is 0 Å². The van der Waals surface area contributed by atoms with E-state index in [0.717, 1.165) is 31.9 Å². The van der Waals surface area contributed by atoms with Gasteiger partial charge in [-0.3, -0.25) is 4.79 Å². The van der Waals surface area contributed by atoms with Crippen LogP contribution in [-0.4, -0.2) is 41.5 Å². The van der Waals surface area contributed by atoms with Gasteiger partial charge in [-0.2, -0.15) is 0 Å². The highest BCUT2D eigenvalue weighted by Crippen LogP contribution is 2.35. The lowest BCUT2D eigenvalue weighted by Crippen LogP contribution is -2.21. The first-order valence-corrected chi connectivity index (χ1v) is 11.9. The molecule has 0 aliphatic heterocycles. The van der Waals surface area contributed by atoms with E-state index < -0.39 is 10.0 Å². The number of hydrogen-bond acceptors (Lipinski definition) is 6. The second-order valence-electron chi connectivity index (χ2n) is 7.65. The van der Waals surface area contributed by atoms with Gasteiger partial charge in [0.1, 0.15) is 17.8 Å². The third-order valence-electron chi connectivity index (χ3n) is 5.38. The Morgan fingerprint density at radius 1 is 1.29 bits per heavy atom. The summed E-state index contributed by atoms with van der Waals surface area (Å²) in [4.78, 5) is 21.9. The topological polar surface area (TPSA) is 120 Å². The van der Waals surface area contributed by atoms with Gasteiger partial charge in [-0.1, -0.05) is 36.8 Å². The number of hydrogen-bond donors (Lipinski definition) is 2. The Morgan fingerprint density at radius 2 is 2.06 bits per heavy atom. The summed E-state index contributed by atoms with van der Waals surface area (Å²) in [7, 11) is -3.30. The average molecular weight is 438 g/mol. The smallest absolute Gasteiger partial charge is 0.209 e. The number of nitrogen functional groups attached to an aromatic ring is 1. The zero-order chi connectivity index (χ0) is 22.0. The lowest BCUT2D eigenvalue weighted by atomic mass is 10.0. The Morgan fingerprint density at radius 3 is 2.81 bits per heavy atom. The molecule has 0 amide bonds. The van der Waals surface area contributed by atoms with E-state index in [1.54, 1.807) is 24.3 Å². The second-order valence-corrected chi connectivity index (χ2v) is 9.48. The first-order chi connectivity index (χ1) is 14.8. The number of aromatic nitrogens is 3. The molecule has 31 heavy (non-hydrogen) atoms. The Labute approximate surface area is 180 Å². The Bertz CT molecular complexity index is 1310. The van der Waals surface area contributed by atoms with Crippen LogP contribution in [0.4, 0.5) is 5.82 Å². The molecule has 0 saturated heterocycles. The Kier molecular flexibility index (Phi) is 5.76. The average Bonchev–Trinajstić information content (AvgIpc) is 3.39. The quantitative estimate of drug-likeness (QED) is 0.467. The first kappa shape index (κ1) is 21.0. The molecule has 1 aromatic carbocycles. The number of carbonyl (C=O) groups is 1. The SMILES string of the molecule is CS(=O)(=O)NCC#Cc1cccc(C(=O)c2cn(C3CCCC3)c3ncnc(N)c23)c1. The maximum Gasteiger partial charge on any atom is 0.209 e. The molecule has 0 spiro atoms. The number of rotatable bonds is 5. The van der Waals surface area contributed by atoms with Crippen LogP contribution in [0.25, 0.3) is 11.0 Å². The maximum atomic E-state index is 13.4. The second kappa shape index (κ2) is 8.49. The van der Waals surface area contributed by atoms with Gasteiger partial charge in [-0.15, -0.1) is 0 Å². The zero-order valence-electron chi connectivity index (χ0n) is 17.1. The van der Waals surface area contributed by atoms with Crippen LogP contribution in [0, 0.1) is 11.8 Å². The van der Waals surface area contributed by atoms with E-state index in [9.17, 15) is 13.2 Å². The zero-order valence-corrected chi connectivity index (χ0v) is 17.9. The molecule has 8 nitrogen and oxygen atoms in total. The summed E-state index contributed by atoms with van der Waals surface area (Å²) in [5.74, 6) is 5.73. The summed E-state index contributed by atoms with van der Waals surface area (Å²) < 4.78 is 26.6. The number of benzene rings is 1. The molecule has 1 fully saturated rings. The number of nitrogens with zero attached hydrogens (tertiary/aromatic N) is 3. The monoisotopic (exact) mass is 437 g/mol. The molecule has 3 aromatic rings. The minimum atomic E-state index is -3.30. The minimum Gasteiger partial charge on any atom is -0.383 e. The third-order valence-corrected chi connectivity index (χ3v) is 6.05.